The first-order valence-corrected chi connectivity index (χ1v) is 5.31. The summed E-state index contributed by atoms with van der Waals surface area (Å²) in [4.78, 5) is 0. The summed E-state index contributed by atoms with van der Waals surface area (Å²) in [5.41, 5.74) is 0.740. The number of hydrogen-bond acceptors (Lipinski definition) is 4. The van der Waals surface area contributed by atoms with Gasteiger partial charge in [0.1, 0.15) is 10.8 Å². The lowest BCUT2D eigenvalue weighted by molar-refractivity contribution is 0.474. The normalized spacial score (nSPS) is 11.7. The number of nitrogens with zero attached hydrogens (tertiary/aromatic N) is 1. The molecule has 0 spiro atoms. The molecule has 70 valence electrons. The molecule has 1 N–H and O–H groups in total. The second-order valence-electron chi connectivity index (χ2n) is 2.36. The zero-order valence-electron chi connectivity index (χ0n) is 7.27. The number of rotatable bonds is 2. The highest BCUT2D eigenvalue weighted by molar-refractivity contribution is 8.14. The Hall–Kier alpha value is -0.610. The lowest BCUT2D eigenvalue weighted by Crippen LogP contribution is -1.94. The second kappa shape index (κ2) is 5.19. The van der Waals surface area contributed by atoms with Gasteiger partial charge in [0, 0.05) is 5.56 Å². The quantitative estimate of drug-likeness (QED) is 0.450. The minimum Gasteiger partial charge on any atom is -0.507 e. The van der Waals surface area contributed by atoms with Crippen molar-refractivity contribution in [3.05, 3.63) is 29.8 Å². The van der Waals surface area contributed by atoms with Crippen LogP contribution in [0.3, 0.4) is 0 Å². The van der Waals surface area contributed by atoms with Gasteiger partial charge in [-0.05, 0) is 30.7 Å². The molecule has 1 rings (SSSR count). The van der Waals surface area contributed by atoms with Crippen LogP contribution in [0.1, 0.15) is 12.5 Å². The fourth-order valence-corrected chi connectivity index (χ4v) is 1.89. The van der Waals surface area contributed by atoms with Gasteiger partial charge in [-0.15, -0.1) is 11.8 Å². The Morgan fingerprint density at radius 2 is 2.23 bits per heavy atom. The van der Waals surface area contributed by atoms with Crippen LogP contribution in [0.5, 0.6) is 5.75 Å². The number of benzene rings is 1. The third-order valence-corrected chi connectivity index (χ3v) is 2.71. The van der Waals surface area contributed by atoms with Gasteiger partial charge in [-0.25, -0.2) is 4.40 Å². The van der Waals surface area contributed by atoms with E-state index in [0.717, 1.165) is 16.4 Å². The van der Waals surface area contributed by atoms with Gasteiger partial charge in [0.25, 0.3) is 0 Å². The highest BCUT2D eigenvalue weighted by atomic mass is 32.2. The highest BCUT2D eigenvalue weighted by Gasteiger charge is 2.06. The topological polar surface area (TPSA) is 32.6 Å². The van der Waals surface area contributed by atoms with Crippen molar-refractivity contribution >= 4 is 29.6 Å². The van der Waals surface area contributed by atoms with Gasteiger partial charge >= 0.3 is 0 Å². The van der Waals surface area contributed by atoms with E-state index in [-0.39, 0.29) is 5.75 Å². The molecule has 0 aliphatic rings. The van der Waals surface area contributed by atoms with Gasteiger partial charge in [0.15, 0.2) is 0 Å². The Labute approximate surface area is 87.6 Å². The lowest BCUT2D eigenvalue weighted by Gasteiger charge is -2.04. The Bertz CT molecular complexity index is 312. The molecule has 0 bridgehead atoms. The maximum atomic E-state index is 9.51. The van der Waals surface area contributed by atoms with Crippen LogP contribution in [-0.4, -0.2) is 15.9 Å². The van der Waals surface area contributed by atoms with Crippen molar-refractivity contribution in [3.63, 3.8) is 0 Å². The zero-order valence-corrected chi connectivity index (χ0v) is 8.98. The first kappa shape index (κ1) is 10.5. The number of thioether (sulfide) groups is 1. The summed E-state index contributed by atoms with van der Waals surface area (Å²) in [5, 5.41) is 10.3. The predicted molar refractivity (Wildman–Crippen MR) is 61.8 cm³/mol. The van der Waals surface area contributed by atoms with E-state index < -0.39 is 0 Å². The smallest absolute Gasteiger partial charge is 0.125 e. The minimum absolute atomic E-state index is 0.247. The van der Waals surface area contributed by atoms with Crippen LogP contribution in [0.15, 0.2) is 28.7 Å². The van der Waals surface area contributed by atoms with Gasteiger partial charge in [0.05, 0.1) is 0 Å². The monoisotopic (exact) mass is 213 g/mol. The average Bonchev–Trinajstić information content (AvgIpc) is 2.16. The van der Waals surface area contributed by atoms with Crippen LogP contribution in [0, 0.1) is 0 Å². The number of phenolic OH excluding ortho intramolecular Hbond substituents is 1. The molecular weight excluding hydrogens is 202 g/mol. The molecule has 0 atom stereocenters. The van der Waals surface area contributed by atoms with Crippen LogP contribution in [0.25, 0.3) is 0 Å². The molecule has 0 radical (unpaired) electrons. The zero-order chi connectivity index (χ0) is 9.68. The van der Waals surface area contributed by atoms with Gasteiger partial charge in [-0.2, -0.15) is 0 Å². The molecule has 0 amide bonds. The second-order valence-corrected chi connectivity index (χ2v) is 3.81. The molecule has 0 saturated heterocycles. The van der Waals surface area contributed by atoms with Crippen molar-refractivity contribution in [2.75, 3.05) is 5.75 Å². The summed E-state index contributed by atoms with van der Waals surface area (Å²) in [6.07, 6.45) is 0. The van der Waals surface area contributed by atoms with E-state index >= 15 is 0 Å². The molecule has 1 aromatic carbocycles. The SMILES string of the molecule is CCSC(=NS)c1ccccc1O. The number of para-hydroxylation sites is 1. The van der Waals surface area contributed by atoms with Crippen LogP contribution < -0.4 is 0 Å². The molecule has 13 heavy (non-hydrogen) atoms. The summed E-state index contributed by atoms with van der Waals surface area (Å²) >= 11 is 5.42. The molecule has 0 unspecified atom stereocenters. The van der Waals surface area contributed by atoms with E-state index in [2.05, 4.69) is 17.2 Å². The number of thiol groups is 1. The molecular formula is C9H11NOS2. The first-order chi connectivity index (χ1) is 6.29. The van der Waals surface area contributed by atoms with Crippen LogP contribution in [0.2, 0.25) is 0 Å². The standard InChI is InChI=1S/C9H11NOS2/c1-2-13-9(10-12)7-5-3-4-6-8(7)11/h3-6,11-12H,2H2,1H3. The van der Waals surface area contributed by atoms with Gasteiger partial charge in [-0.1, -0.05) is 19.1 Å². The van der Waals surface area contributed by atoms with Crippen molar-refractivity contribution in [3.8, 4) is 5.75 Å². The average molecular weight is 213 g/mol. The maximum Gasteiger partial charge on any atom is 0.125 e. The van der Waals surface area contributed by atoms with E-state index in [1.807, 2.05) is 19.1 Å². The number of aromatic hydroxyl groups is 1. The molecule has 1 aromatic rings. The third-order valence-electron chi connectivity index (χ3n) is 1.51. The van der Waals surface area contributed by atoms with Crippen molar-refractivity contribution in [2.45, 2.75) is 6.92 Å². The largest absolute Gasteiger partial charge is 0.507 e. The fourth-order valence-electron chi connectivity index (χ4n) is 0.952. The highest BCUT2D eigenvalue weighted by Crippen LogP contribution is 2.22. The van der Waals surface area contributed by atoms with E-state index in [1.54, 1.807) is 23.9 Å². The summed E-state index contributed by atoms with van der Waals surface area (Å²) < 4.78 is 3.82. The van der Waals surface area contributed by atoms with Crippen molar-refractivity contribution in [1.29, 1.82) is 0 Å². The minimum atomic E-state index is 0.247. The molecule has 0 fully saturated rings. The number of hydrogen-bond donors (Lipinski definition) is 2. The van der Waals surface area contributed by atoms with Gasteiger partial charge < -0.3 is 5.11 Å². The molecule has 0 heterocycles. The third kappa shape index (κ3) is 2.67. The van der Waals surface area contributed by atoms with E-state index in [1.165, 1.54) is 0 Å². The molecule has 4 heteroatoms. The van der Waals surface area contributed by atoms with Crippen molar-refractivity contribution < 1.29 is 5.11 Å². The van der Waals surface area contributed by atoms with Gasteiger partial charge in [-0.3, -0.25) is 0 Å². The van der Waals surface area contributed by atoms with Crippen LogP contribution in [0.4, 0.5) is 0 Å². The molecule has 2 nitrogen and oxygen atoms in total. The molecule has 0 aliphatic carbocycles. The fraction of sp³-hybridized carbons (Fsp3) is 0.222. The van der Waals surface area contributed by atoms with E-state index in [9.17, 15) is 5.11 Å². The first-order valence-electron chi connectivity index (χ1n) is 3.92. The molecule has 0 saturated carbocycles. The van der Waals surface area contributed by atoms with Crippen molar-refractivity contribution in [2.24, 2.45) is 4.40 Å². The van der Waals surface area contributed by atoms with Crippen LogP contribution in [-0.2, 0) is 0 Å². The van der Waals surface area contributed by atoms with E-state index in [4.69, 9.17) is 0 Å². The van der Waals surface area contributed by atoms with Crippen molar-refractivity contribution in [1.82, 2.24) is 0 Å². The Morgan fingerprint density at radius 3 is 2.77 bits per heavy atom. The summed E-state index contributed by atoms with van der Waals surface area (Å²) in [7, 11) is 0. The molecule has 0 aromatic heterocycles. The molecule has 0 aliphatic heterocycles. The Balaban J connectivity index is 2.99. The predicted octanol–water partition coefficient (Wildman–Crippen LogP) is 2.74. The van der Waals surface area contributed by atoms with E-state index in [0.29, 0.717) is 0 Å². The van der Waals surface area contributed by atoms with Gasteiger partial charge in [0.2, 0.25) is 0 Å². The Morgan fingerprint density at radius 1 is 1.54 bits per heavy atom. The number of phenols is 1. The van der Waals surface area contributed by atoms with Crippen LogP contribution >= 0.6 is 24.6 Å². The maximum absolute atomic E-state index is 9.51. The summed E-state index contributed by atoms with van der Waals surface area (Å²) in [6.45, 7) is 2.03. The Kier molecular flexibility index (Phi) is 4.18. The lowest BCUT2D eigenvalue weighted by atomic mass is 10.2. The summed E-state index contributed by atoms with van der Waals surface area (Å²) in [5.74, 6) is 1.16. The summed E-state index contributed by atoms with van der Waals surface area (Å²) in [6, 6.07) is 7.12.